The van der Waals surface area contributed by atoms with Crippen molar-refractivity contribution in [2.45, 2.75) is 37.5 Å². The van der Waals surface area contributed by atoms with Crippen LogP contribution in [-0.4, -0.2) is 10.9 Å². The molecular weight excluding hydrogens is 308 g/mol. The van der Waals surface area contributed by atoms with Gasteiger partial charge in [0.15, 0.2) is 0 Å². The molecule has 0 atom stereocenters. The van der Waals surface area contributed by atoms with E-state index in [-0.39, 0.29) is 42.9 Å². The fraction of sp³-hybridized carbons (Fsp3) is 0.353. The molecule has 3 rings (SSSR count). The standard InChI is InChI=1S/C17H16F4N2/c18-11-1-2-14(19)12(7-11)16-13(8-23-9-15(16)22)10-3-5-17(20,21)6-4-10/h1-2,7-10H,3-6,22H2. The Balaban J connectivity index is 2.06. The van der Waals surface area contributed by atoms with E-state index in [1.54, 1.807) is 0 Å². The molecule has 1 saturated carbocycles. The van der Waals surface area contributed by atoms with Crippen molar-refractivity contribution in [3.8, 4) is 11.1 Å². The Kier molecular flexibility index (Phi) is 4.00. The minimum atomic E-state index is -2.66. The van der Waals surface area contributed by atoms with Gasteiger partial charge < -0.3 is 5.73 Å². The zero-order valence-corrected chi connectivity index (χ0v) is 12.3. The van der Waals surface area contributed by atoms with Gasteiger partial charge in [0.25, 0.3) is 0 Å². The first-order valence-electron chi connectivity index (χ1n) is 7.44. The third-order valence-electron chi connectivity index (χ3n) is 4.36. The normalized spacial score (nSPS) is 18.1. The highest BCUT2D eigenvalue weighted by molar-refractivity contribution is 5.79. The highest BCUT2D eigenvalue weighted by Crippen LogP contribution is 2.44. The zero-order chi connectivity index (χ0) is 16.6. The fourth-order valence-electron chi connectivity index (χ4n) is 3.15. The lowest BCUT2D eigenvalue weighted by Crippen LogP contribution is -2.24. The van der Waals surface area contributed by atoms with E-state index in [0.29, 0.717) is 11.1 Å². The molecule has 0 aliphatic heterocycles. The number of nitrogen functional groups attached to an aromatic ring is 1. The first kappa shape index (κ1) is 15.8. The quantitative estimate of drug-likeness (QED) is 0.798. The van der Waals surface area contributed by atoms with Gasteiger partial charge in [-0.05, 0) is 42.5 Å². The second-order valence-corrected chi connectivity index (χ2v) is 5.95. The van der Waals surface area contributed by atoms with Crippen molar-refractivity contribution < 1.29 is 17.6 Å². The molecule has 0 amide bonds. The predicted octanol–water partition coefficient (Wildman–Crippen LogP) is 4.90. The molecule has 1 aliphatic carbocycles. The van der Waals surface area contributed by atoms with E-state index in [4.69, 9.17) is 5.73 Å². The number of pyridine rings is 1. The molecule has 23 heavy (non-hydrogen) atoms. The molecule has 0 saturated heterocycles. The van der Waals surface area contributed by atoms with Crippen LogP contribution in [0.2, 0.25) is 0 Å². The van der Waals surface area contributed by atoms with Crippen molar-refractivity contribution in [3.05, 3.63) is 47.8 Å². The second-order valence-electron chi connectivity index (χ2n) is 5.95. The van der Waals surface area contributed by atoms with Crippen molar-refractivity contribution in [1.82, 2.24) is 4.98 Å². The zero-order valence-electron chi connectivity index (χ0n) is 12.3. The van der Waals surface area contributed by atoms with Crippen LogP contribution < -0.4 is 5.73 Å². The van der Waals surface area contributed by atoms with Crippen LogP contribution in [0.25, 0.3) is 11.1 Å². The van der Waals surface area contributed by atoms with Crippen molar-refractivity contribution in [2.24, 2.45) is 0 Å². The van der Waals surface area contributed by atoms with Crippen LogP contribution in [0, 0.1) is 11.6 Å². The van der Waals surface area contributed by atoms with Crippen LogP contribution in [0.5, 0.6) is 0 Å². The Morgan fingerprint density at radius 3 is 2.48 bits per heavy atom. The van der Waals surface area contributed by atoms with E-state index in [1.807, 2.05) is 0 Å². The summed E-state index contributed by atoms with van der Waals surface area (Å²) in [6, 6.07) is 3.13. The van der Waals surface area contributed by atoms with Gasteiger partial charge >= 0.3 is 0 Å². The summed E-state index contributed by atoms with van der Waals surface area (Å²) < 4.78 is 54.4. The third-order valence-corrected chi connectivity index (χ3v) is 4.36. The fourth-order valence-corrected chi connectivity index (χ4v) is 3.15. The summed E-state index contributed by atoms with van der Waals surface area (Å²) in [5.41, 5.74) is 7.14. The molecule has 0 spiro atoms. The third kappa shape index (κ3) is 3.16. The number of alkyl halides is 2. The number of nitrogens with two attached hydrogens (primary N) is 1. The van der Waals surface area contributed by atoms with Gasteiger partial charge in [-0.3, -0.25) is 4.98 Å². The maximum Gasteiger partial charge on any atom is 0.248 e. The molecule has 2 nitrogen and oxygen atoms in total. The summed E-state index contributed by atoms with van der Waals surface area (Å²) in [6.45, 7) is 0. The molecule has 1 heterocycles. The number of hydrogen-bond donors (Lipinski definition) is 1. The molecule has 0 unspecified atom stereocenters. The lowest BCUT2D eigenvalue weighted by Gasteiger charge is -2.30. The molecule has 0 bridgehead atoms. The highest BCUT2D eigenvalue weighted by atomic mass is 19.3. The number of anilines is 1. The molecule has 1 fully saturated rings. The number of nitrogens with zero attached hydrogens (tertiary/aromatic N) is 1. The minimum absolute atomic E-state index is 0.0391. The van der Waals surface area contributed by atoms with Crippen LogP contribution in [0.1, 0.15) is 37.2 Å². The highest BCUT2D eigenvalue weighted by Gasteiger charge is 2.36. The van der Waals surface area contributed by atoms with Gasteiger partial charge in [-0.1, -0.05) is 0 Å². The number of benzene rings is 1. The number of halogens is 4. The maximum absolute atomic E-state index is 14.1. The Labute approximate surface area is 131 Å². The lowest BCUT2D eigenvalue weighted by atomic mass is 9.80. The van der Waals surface area contributed by atoms with E-state index in [1.165, 1.54) is 12.4 Å². The smallest absolute Gasteiger partial charge is 0.248 e. The average Bonchev–Trinajstić information content (AvgIpc) is 2.50. The lowest BCUT2D eigenvalue weighted by molar-refractivity contribution is -0.0382. The van der Waals surface area contributed by atoms with Gasteiger partial charge in [0.2, 0.25) is 5.92 Å². The first-order valence-corrected chi connectivity index (χ1v) is 7.44. The number of hydrogen-bond acceptors (Lipinski definition) is 2. The van der Waals surface area contributed by atoms with Crippen LogP contribution in [0.15, 0.2) is 30.6 Å². The van der Waals surface area contributed by atoms with Crippen molar-refractivity contribution in [1.29, 1.82) is 0 Å². The van der Waals surface area contributed by atoms with E-state index in [2.05, 4.69) is 4.98 Å². The Bertz CT molecular complexity index is 721. The molecule has 122 valence electrons. The predicted molar refractivity (Wildman–Crippen MR) is 80.2 cm³/mol. The molecule has 0 radical (unpaired) electrons. The van der Waals surface area contributed by atoms with E-state index in [0.717, 1.165) is 18.2 Å². The summed E-state index contributed by atoms with van der Waals surface area (Å²) in [6.07, 6.45) is 2.96. The number of rotatable bonds is 2. The van der Waals surface area contributed by atoms with Crippen molar-refractivity contribution in [2.75, 3.05) is 5.73 Å². The summed E-state index contributed by atoms with van der Waals surface area (Å²) in [4.78, 5) is 4.01. The molecule has 1 aromatic heterocycles. The molecule has 1 aliphatic rings. The second kappa shape index (κ2) is 5.83. The minimum Gasteiger partial charge on any atom is -0.397 e. The van der Waals surface area contributed by atoms with E-state index >= 15 is 0 Å². The van der Waals surface area contributed by atoms with E-state index in [9.17, 15) is 17.6 Å². The van der Waals surface area contributed by atoms with Gasteiger partial charge in [-0.2, -0.15) is 0 Å². The largest absolute Gasteiger partial charge is 0.397 e. The van der Waals surface area contributed by atoms with Gasteiger partial charge in [-0.25, -0.2) is 17.6 Å². The maximum atomic E-state index is 14.1. The summed E-state index contributed by atoms with van der Waals surface area (Å²) in [7, 11) is 0. The first-order chi connectivity index (χ1) is 10.9. The molecule has 2 aromatic rings. The summed E-state index contributed by atoms with van der Waals surface area (Å²) in [5, 5.41) is 0. The molecule has 2 N–H and O–H groups in total. The Morgan fingerprint density at radius 1 is 1.09 bits per heavy atom. The Morgan fingerprint density at radius 2 is 1.78 bits per heavy atom. The summed E-state index contributed by atoms with van der Waals surface area (Å²) >= 11 is 0. The topological polar surface area (TPSA) is 38.9 Å². The van der Waals surface area contributed by atoms with Crippen LogP contribution in [0.3, 0.4) is 0 Å². The molecule has 6 heteroatoms. The molecule has 1 aromatic carbocycles. The average molecular weight is 324 g/mol. The van der Waals surface area contributed by atoms with Gasteiger partial charge in [0.1, 0.15) is 11.6 Å². The van der Waals surface area contributed by atoms with E-state index < -0.39 is 17.6 Å². The molecular formula is C17H16F4N2. The van der Waals surface area contributed by atoms with Gasteiger partial charge in [0.05, 0.1) is 11.9 Å². The SMILES string of the molecule is Nc1cncc(C2CCC(F)(F)CC2)c1-c1cc(F)ccc1F. The van der Waals surface area contributed by atoms with Gasteiger partial charge in [-0.15, -0.1) is 0 Å². The number of aromatic nitrogens is 1. The van der Waals surface area contributed by atoms with Crippen LogP contribution in [0.4, 0.5) is 23.2 Å². The van der Waals surface area contributed by atoms with Crippen molar-refractivity contribution >= 4 is 5.69 Å². The van der Waals surface area contributed by atoms with Crippen LogP contribution in [-0.2, 0) is 0 Å². The van der Waals surface area contributed by atoms with Gasteiger partial charge in [0, 0.05) is 30.2 Å². The van der Waals surface area contributed by atoms with Crippen LogP contribution >= 0.6 is 0 Å². The summed E-state index contributed by atoms with van der Waals surface area (Å²) in [5.74, 6) is -4.04. The Hall–Kier alpha value is -2.11. The van der Waals surface area contributed by atoms with Crippen molar-refractivity contribution in [3.63, 3.8) is 0 Å². The monoisotopic (exact) mass is 324 g/mol.